The largest absolute Gasteiger partial charge is 0.407 e. The number of halogens is 4. The summed E-state index contributed by atoms with van der Waals surface area (Å²) in [5.41, 5.74) is 11.7. The Hall–Kier alpha value is -2.91. The molecule has 0 saturated carbocycles. The Morgan fingerprint density at radius 2 is 1.87 bits per heavy atom. The van der Waals surface area contributed by atoms with Gasteiger partial charge in [-0.1, -0.05) is 18.2 Å². The van der Waals surface area contributed by atoms with Gasteiger partial charge in [0.1, 0.15) is 11.9 Å². The Morgan fingerprint density at radius 3 is 2.52 bits per heavy atom. The Kier molecular flexibility index (Phi) is 5.49. The van der Waals surface area contributed by atoms with Crippen molar-refractivity contribution < 1.29 is 27.1 Å². The number of carbonyl (C=O) groups is 1. The number of benzene rings is 2. The predicted molar refractivity (Wildman–Crippen MR) is 108 cm³/mol. The van der Waals surface area contributed by atoms with E-state index in [1.165, 1.54) is 36.5 Å². The predicted octanol–water partition coefficient (Wildman–Crippen LogP) is 4.46. The van der Waals surface area contributed by atoms with Gasteiger partial charge in [-0.25, -0.2) is 4.39 Å². The van der Waals surface area contributed by atoms with Crippen molar-refractivity contribution in [2.75, 3.05) is 13.2 Å². The van der Waals surface area contributed by atoms with Gasteiger partial charge in [-0.3, -0.25) is 4.79 Å². The standard InChI is InChI=1S/C22H21F4N3O2/c23-17-3-1-2-15(21(28)30)19(17)12-4-5-14-16(20(27)22(24,25)26)11-29(18(14)10-12)13-6-8-31-9-7-13/h1-5,10-11,13,20H,6-9,27H2,(H2,28,30)/t20-/m0/s1. The minimum atomic E-state index is -4.61. The van der Waals surface area contributed by atoms with Crippen molar-refractivity contribution in [1.29, 1.82) is 0 Å². The van der Waals surface area contributed by atoms with Gasteiger partial charge in [0.2, 0.25) is 5.91 Å². The van der Waals surface area contributed by atoms with Crippen LogP contribution >= 0.6 is 0 Å². The zero-order valence-electron chi connectivity index (χ0n) is 16.5. The van der Waals surface area contributed by atoms with Crippen LogP contribution in [0.4, 0.5) is 17.6 Å². The van der Waals surface area contributed by atoms with E-state index in [4.69, 9.17) is 16.2 Å². The lowest BCUT2D eigenvalue weighted by molar-refractivity contribution is -0.148. The summed E-state index contributed by atoms with van der Waals surface area (Å²) in [6.45, 7) is 0.980. The van der Waals surface area contributed by atoms with Crippen LogP contribution in [0.5, 0.6) is 0 Å². The van der Waals surface area contributed by atoms with Gasteiger partial charge < -0.3 is 20.8 Å². The molecule has 0 unspecified atom stereocenters. The number of fused-ring (bicyclic) bond motifs is 1. The van der Waals surface area contributed by atoms with Crippen LogP contribution in [0.25, 0.3) is 22.0 Å². The van der Waals surface area contributed by atoms with E-state index in [0.717, 1.165) is 0 Å². The molecule has 0 spiro atoms. The highest BCUT2D eigenvalue weighted by atomic mass is 19.4. The Balaban J connectivity index is 1.94. The highest BCUT2D eigenvalue weighted by molar-refractivity contribution is 6.01. The first-order valence-corrected chi connectivity index (χ1v) is 9.81. The molecule has 2 aromatic carbocycles. The number of nitrogens with zero attached hydrogens (tertiary/aromatic N) is 1. The lowest BCUT2D eigenvalue weighted by Crippen LogP contribution is -2.28. The third kappa shape index (κ3) is 3.90. The zero-order chi connectivity index (χ0) is 22.3. The SMILES string of the molecule is NC(=O)c1cccc(F)c1-c1ccc2c([C@H](N)C(F)(F)F)cn(C3CCOCC3)c2c1. The van der Waals surface area contributed by atoms with Crippen LogP contribution in [-0.4, -0.2) is 29.9 Å². The Bertz CT molecular complexity index is 1130. The Morgan fingerprint density at radius 1 is 1.16 bits per heavy atom. The minimum absolute atomic E-state index is 0.00395. The van der Waals surface area contributed by atoms with Gasteiger partial charge in [-0.05, 0) is 36.6 Å². The molecule has 0 radical (unpaired) electrons. The number of aromatic nitrogens is 1. The second-order valence-corrected chi connectivity index (χ2v) is 7.61. The highest BCUT2D eigenvalue weighted by Gasteiger charge is 2.40. The molecular weight excluding hydrogens is 414 g/mol. The number of rotatable bonds is 4. The highest BCUT2D eigenvalue weighted by Crippen LogP contribution is 2.39. The molecule has 31 heavy (non-hydrogen) atoms. The summed E-state index contributed by atoms with van der Waals surface area (Å²) in [7, 11) is 0. The summed E-state index contributed by atoms with van der Waals surface area (Å²) >= 11 is 0. The van der Waals surface area contributed by atoms with Crippen molar-refractivity contribution in [3.8, 4) is 11.1 Å². The summed E-state index contributed by atoms with van der Waals surface area (Å²) in [4.78, 5) is 11.8. The lowest BCUT2D eigenvalue weighted by Gasteiger charge is -2.24. The van der Waals surface area contributed by atoms with Crippen LogP contribution in [0, 0.1) is 5.82 Å². The number of ether oxygens (including phenoxy) is 1. The van der Waals surface area contributed by atoms with E-state index in [9.17, 15) is 22.4 Å². The molecule has 0 aliphatic carbocycles. The second kappa shape index (κ2) is 7.97. The molecule has 4 N–H and O–H groups in total. The topological polar surface area (TPSA) is 83.3 Å². The van der Waals surface area contributed by atoms with E-state index in [1.54, 1.807) is 10.6 Å². The summed E-state index contributed by atoms with van der Waals surface area (Å²) in [6, 6.07) is 6.30. The van der Waals surface area contributed by atoms with Crippen molar-refractivity contribution in [3.05, 3.63) is 59.5 Å². The molecule has 1 aromatic heterocycles. The average Bonchev–Trinajstić information content (AvgIpc) is 3.11. The maximum absolute atomic E-state index is 14.6. The van der Waals surface area contributed by atoms with Crippen LogP contribution in [0.15, 0.2) is 42.6 Å². The molecule has 1 aliphatic rings. The molecule has 1 aliphatic heterocycles. The normalized spacial score (nSPS) is 16.5. The van der Waals surface area contributed by atoms with Crippen molar-refractivity contribution in [1.82, 2.24) is 4.57 Å². The molecule has 2 heterocycles. The number of carbonyl (C=O) groups excluding carboxylic acids is 1. The van der Waals surface area contributed by atoms with Crippen LogP contribution in [0.1, 0.15) is 40.8 Å². The number of amides is 1. The van der Waals surface area contributed by atoms with E-state index in [2.05, 4.69) is 0 Å². The van der Waals surface area contributed by atoms with Gasteiger partial charge >= 0.3 is 6.18 Å². The number of primary amides is 1. The summed E-state index contributed by atoms with van der Waals surface area (Å²) < 4.78 is 62.0. The maximum atomic E-state index is 14.6. The summed E-state index contributed by atoms with van der Waals surface area (Å²) in [6.07, 6.45) is -1.93. The first-order chi connectivity index (χ1) is 14.7. The fourth-order valence-electron chi connectivity index (χ4n) is 4.15. The molecule has 9 heteroatoms. The van der Waals surface area contributed by atoms with Gasteiger partial charge in [0.05, 0.1) is 0 Å². The van der Waals surface area contributed by atoms with E-state index in [1.807, 2.05) is 0 Å². The number of alkyl halides is 3. The van der Waals surface area contributed by atoms with Crippen molar-refractivity contribution in [3.63, 3.8) is 0 Å². The third-order valence-corrected chi connectivity index (χ3v) is 5.70. The van der Waals surface area contributed by atoms with Crippen LogP contribution in [-0.2, 0) is 4.74 Å². The number of hydrogen-bond donors (Lipinski definition) is 2. The maximum Gasteiger partial charge on any atom is 0.407 e. The van der Waals surface area contributed by atoms with Crippen LogP contribution in [0.2, 0.25) is 0 Å². The monoisotopic (exact) mass is 435 g/mol. The van der Waals surface area contributed by atoms with Crippen LogP contribution in [0.3, 0.4) is 0 Å². The van der Waals surface area contributed by atoms with E-state index in [0.29, 0.717) is 42.5 Å². The smallest absolute Gasteiger partial charge is 0.381 e. The molecular formula is C22H21F4N3O2. The molecule has 5 nitrogen and oxygen atoms in total. The molecule has 3 aromatic rings. The molecule has 1 atom stereocenters. The van der Waals surface area contributed by atoms with Crippen molar-refractivity contribution in [2.24, 2.45) is 11.5 Å². The Labute approximate surface area is 175 Å². The van der Waals surface area contributed by atoms with E-state index < -0.39 is 23.9 Å². The number of nitrogens with two attached hydrogens (primary N) is 2. The van der Waals surface area contributed by atoms with Crippen molar-refractivity contribution >= 4 is 16.8 Å². The molecule has 0 bridgehead atoms. The molecule has 1 fully saturated rings. The summed E-state index contributed by atoms with van der Waals surface area (Å²) in [5.74, 6) is -1.44. The first-order valence-electron chi connectivity index (χ1n) is 9.81. The molecule has 4 rings (SSSR count). The van der Waals surface area contributed by atoms with E-state index in [-0.39, 0.29) is 22.7 Å². The molecule has 1 saturated heterocycles. The van der Waals surface area contributed by atoms with Gasteiger partial charge in [0.25, 0.3) is 0 Å². The fraction of sp³-hybridized carbons (Fsp3) is 0.318. The third-order valence-electron chi connectivity index (χ3n) is 5.70. The van der Waals surface area contributed by atoms with Crippen molar-refractivity contribution in [2.45, 2.75) is 31.1 Å². The lowest BCUT2D eigenvalue weighted by atomic mass is 9.96. The average molecular weight is 435 g/mol. The van der Waals surface area contributed by atoms with E-state index >= 15 is 0 Å². The number of hydrogen-bond acceptors (Lipinski definition) is 3. The van der Waals surface area contributed by atoms with Gasteiger partial charge in [-0.2, -0.15) is 13.2 Å². The van der Waals surface area contributed by atoms with Gasteiger partial charge in [-0.15, -0.1) is 0 Å². The molecule has 164 valence electrons. The fourth-order valence-corrected chi connectivity index (χ4v) is 4.15. The first kappa shape index (κ1) is 21.3. The molecule has 1 amide bonds. The van der Waals surface area contributed by atoms with Crippen LogP contribution < -0.4 is 11.5 Å². The zero-order valence-corrected chi connectivity index (χ0v) is 16.5. The quantitative estimate of drug-likeness (QED) is 0.594. The van der Waals surface area contributed by atoms with Gasteiger partial charge in [0, 0.05) is 53.0 Å². The second-order valence-electron chi connectivity index (χ2n) is 7.61. The van der Waals surface area contributed by atoms with Gasteiger partial charge in [0.15, 0.2) is 0 Å². The summed E-state index contributed by atoms with van der Waals surface area (Å²) in [5, 5.41) is 0.331. The minimum Gasteiger partial charge on any atom is -0.381 e.